The highest BCUT2D eigenvalue weighted by Gasteiger charge is 2.16. The summed E-state index contributed by atoms with van der Waals surface area (Å²) in [5.74, 6) is 0.775. The van der Waals surface area contributed by atoms with Gasteiger partial charge in [-0.3, -0.25) is 5.73 Å². The van der Waals surface area contributed by atoms with Crippen LogP contribution in [0.5, 0.6) is 5.75 Å². The third kappa shape index (κ3) is 1.04. The highest BCUT2D eigenvalue weighted by molar-refractivity contribution is 5.61. The summed E-state index contributed by atoms with van der Waals surface area (Å²) in [4.78, 5) is 0. The fraction of sp³-hybridized carbons (Fsp3) is 0.111. The molecule has 1 aromatic rings. The molecule has 1 unspecified atom stereocenters. The van der Waals surface area contributed by atoms with Gasteiger partial charge in [0.05, 0.1) is 0 Å². The van der Waals surface area contributed by atoms with Crippen molar-refractivity contribution < 1.29 is 9.84 Å². The molecule has 0 aromatic heterocycles. The van der Waals surface area contributed by atoms with Crippen molar-refractivity contribution in [2.45, 2.75) is 6.23 Å². The first-order chi connectivity index (χ1) is 5.77. The quantitative estimate of drug-likeness (QED) is 0.605. The van der Waals surface area contributed by atoms with Gasteiger partial charge in [0.2, 0.25) is 6.23 Å². The van der Waals surface area contributed by atoms with E-state index in [1.165, 1.54) is 0 Å². The van der Waals surface area contributed by atoms with Gasteiger partial charge in [-0.2, -0.15) is 0 Å². The van der Waals surface area contributed by atoms with Crippen molar-refractivity contribution in [1.29, 1.82) is 0 Å². The highest BCUT2D eigenvalue weighted by atomic mass is 16.5. The van der Waals surface area contributed by atoms with Crippen LogP contribution in [0.3, 0.4) is 0 Å². The third-order valence-corrected chi connectivity index (χ3v) is 1.77. The van der Waals surface area contributed by atoms with Gasteiger partial charge in [0.1, 0.15) is 11.5 Å². The standard InChI is InChI=1S/C9H9NO2/c10-9-7(11)5-6-3-1-2-4-8(6)12-9/h1-5,9,11H,10H2. The first-order valence-corrected chi connectivity index (χ1v) is 3.69. The molecular weight excluding hydrogens is 154 g/mol. The number of hydrogen-bond acceptors (Lipinski definition) is 3. The maximum absolute atomic E-state index is 9.24. The molecule has 12 heavy (non-hydrogen) atoms. The predicted molar refractivity (Wildman–Crippen MR) is 45.7 cm³/mol. The number of aliphatic hydroxyl groups is 1. The minimum absolute atomic E-state index is 0.0636. The van der Waals surface area contributed by atoms with Gasteiger partial charge in [-0.15, -0.1) is 0 Å². The summed E-state index contributed by atoms with van der Waals surface area (Å²) in [6, 6.07) is 7.42. The van der Waals surface area contributed by atoms with Gasteiger partial charge in [0.25, 0.3) is 0 Å². The molecule has 1 aromatic carbocycles. The molecule has 1 aliphatic heterocycles. The van der Waals surface area contributed by atoms with Crippen LogP contribution in [-0.4, -0.2) is 11.3 Å². The molecule has 3 nitrogen and oxygen atoms in total. The Morgan fingerprint density at radius 1 is 1.33 bits per heavy atom. The average Bonchev–Trinajstić information content (AvgIpc) is 2.07. The molecule has 0 aliphatic carbocycles. The number of fused-ring (bicyclic) bond motifs is 1. The zero-order valence-corrected chi connectivity index (χ0v) is 6.40. The maximum Gasteiger partial charge on any atom is 0.205 e. The van der Waals surface area contributed by atoms with E-state index in [2.05, 4.69) is 0 Å². The molecule has 1 aliphatic rings. The zero-order valence-electron chi connectivity index (χ0n) is 6.40. The Bertz CT molecular complexity index is 333. The van der Waals surface area contributed by atoms with E-state index in [4.69, 9.17) is 10.5 Å². The van der Waals surface area contributed by atoms with Crippen LogP contribution < -0.4 is 10.5 Å². The normalized spacial score (nSPS) is 20.8. The summed E-state index contributed by atoms with van der Waals surface area (Å²) < 4.78 is 5.20. The number of aliphatic hydroxyl groups excluding tert-OH is 1. The Balaban J connectivity index is 2.49. The summed E-state index contributed by atoms with van der Waals surface area (Å²) in [5.41, 5.74) is 6.31. The number of benzene rings is 1. The number of para-hydroxylation sites is 1. The first-order valence-electron chi connectivity index (χ1n) is 3.69. The Kier molecular flexibility index (Phi) is 1.52. The van der Waals surface area contributed by atoms with E-state index < -0.39 is 6.23 Å². The lowest BCUT2D eigenvalue weighted by Gasteiger charge is -2.20. The van der Waals surface area contributed by atoms with Crippen molar-refractivity contribution in [3.8, 4) is 5.75 Å². The molecule has 0 spiro atoms. The minimum Gasteiger partial charge on any atom is -0.507 e. The molecule has 0 saturated heterocycles. The summed E-state index contributed by atoms with van der Waals surface area (Å²) in [6.45, 7) is 0. The Hall–Kier alpha value is -1.48. The molecule has 3 heteroatoms. The third-order valence-electron chi connectivity index (χ3n) is 1.77. The number of rotatable bonds is 0. The van der Waals surface area contributed by atoms with Crippen LogP contribution in [0.15, 0.2) is 30.0 Å². The van der Waals surface area contributed by atoms with Gasteiger partial charge in [0, 0.05) is 5.56 Å². The summed E-state index contributed by atoms with van der Waals surface area (Å²) >= 11 is 0. The lowest BCUT2D eigenvalue weighted by atomic mass is 10.1. The van der Waals surface area contributed by atoms with Gasteiger partial charge in [-0.25, -0.2) is 0 Å². The van der Waals surface area contributed by atoms with E-state index in [1.54, 1.807) is 6.08 Å². The fourth-order valence-electron chi connectivity index (χ4n) is 1.15. The second kappa shape index (κ2) is 2.53. The van der Waals surface area contributed by atoms with E-state index in [0.717, 1.165) is 5.56 Å². The molecule has 3 N–H and O–H groups in total. The largest absolute Gasteiger partial charge is 0.507 e. The van der Waals surface area contributed by atoms with Gasteiger partial charge in [-0.1, -0.05) is 18.2 Å². The van der Waals surface area contributed by atoms with E-state index in [0.29, 0.717) is 5.75 Å². The van der Waals surface area contributed by atoms with Crippen molar-refractivity contribution >= 4 is 6.08 Å². The van der Waals surface area contributed by atoms with Gasteiger partial charge in [-0.05, 0) is 12.1 Å². The topological polar surface area (TPSA) is 55.5 Å². The van der Waals surface area contributed by atoms with E-state index in [-0.39, 0.29) is 5.76 Å². The molecule has 0 fully saturated rings. The monoisotopic (exact) mass is 163 g/mol. The summed E-state index contributed by atoms with van der Waals surface area (Å²) in [5, 5.41) is 9.24. The second-order valence-corrected chi connectivity index (χ2v) is 2.65. The smallest absolute Gasteiger partial charge is 0.205 e. The van der Waals surface area contributed by atoms with E-state index in [1.807, 2.05) is 24.3 Å². The van der Waals surface area contributed by atoms with Crippen LogP contribution in [0.1, 0.15) is 5.56 Å². The number of nitrogens with two attached hydrogens (primary N) is 1. The fourth-order valence-corrected chi connectivity index (χ4v) is 1.15. The van der Waals surface area contributed by atoms with Crippen LogP contribution >= 0.6 is 0 Å². The van der Waals surface area contributed by atoms with Crippen molar-refractivity contribution in [2.75, 3.05) is 0 Å². The molecular formula is C9H9NO2. The molecule has 1 heterocycles. The maximum atomic E-state index is 9.24. The molecule has 0 radical (unpaired) electrons. The van der Waals surface area contributed by atoms with E-state index in [9.17, 15) is 5.11 Å². The Labute approximate surface area is 70.1 Å². The summed E-state index contributed by atoms with van der Waals surface area (Å²) in [6.07, 6.45) is 0.892. The van der Waals surface area contributed by atoms with Crippen LogP contribution in [0, 0.1) is 0 Å². The Morgan fingerprint density at radius 3 is 2.92 bits per heavy atom. The molecule has 2 rings (SSSR count). The van der Waals surface area contributed by atoms with Crippen LogP contribution in [0.25, 0.3) is 6.08 Å². The van der Waals surface area contributed by atoms with Crippen LogP contribution in [-0.2, 0) is 0 Å². The van der Waals surface area contributed by atoms with Gasteiger partial charge >= 0.3 is 0 Å². The van der Waals surface area contributed by atoms with Crippen LogP contribution in [0.2, 0.25) is 0 Å². The van der Waals surface area contributed by atoms with E-state index >= 15 is 0 Å². The average molecular weight is 163 g/mol. The van der Waals surface area contributed by atoms with Crippen molar-refractivity contribution in [1.82, 2.24) is 0 Å². The highest BCUT2D eigenvalue weighted by Crippen LogP contribution is 2.26. The first kappa shape index (κ1) is 7.18. The Morgan fingerprint density at radius 2 is 2.08 bits per heavy atom. The minimum atomic E-state index is -0.722. The zero-order chi connectivity index (χ0) is 8.55. The number of ether oxygens (including phenoxy) is 1. The van der Waals surface area contributed by atoms with Crippen LogP contribution in [0.4, 0.5) is 0 Å². The SMILES string of the molecule is NC1Oc2ccccc2C=C1O. The van der Waals surface area contributed by atoms with Crippen molar-refractivity contribution in [3.05, 3.63) is 35.6 Å². The molecule has 0 saturated carbocycles. The van der Waals surface area contributed by atoms with Gasteiger partial charge < -0.3 is 9.84 Å². The lowest BCUT2D eigenvalue weighted by molar-refractivity contribution is 0.178. The predicted octanol–water partition coefficient (Wildman–Crippen LogP) is 1.26. The molecule has 0 amide bonds. The van der Waals surface area contributed by atoms with Gasteiger partial charge in [0.15, 0.2) is 0 Å². The summed E-state index contributed by atoms with van der Waals surface area (Å²) in [7, 11) is 0. The molecule has 1 atom stereocenters. The van der Waals surface area contributed by atoms with Crippen molar-refractivity contribution in [2.24, 2.45) is 5.73 Å². The second-order valence-electron chi connectivity index (χ2n) is 2.65. The molecule has 62 valence electrons. The lowest BCUT2D eigenvalue weighted by Crippen LogP contribution is -2.31. The number of hydrogen-bond donors (Lipinski definition) is 2. The van der Waals surface area contributed by atoms with Crippen molar-refractivity contribution in [3.63, 3.8) is 0 Å². The molecule has 0 bridgehead atoms.